The Bertz CT molecular complexity index is 856. The molecule has 1 N–H and O–H groups in total. The summed E-state index contributed by atoms with van der Waals surface area (Å²) < 4.78 is 0. The predicted molar refractivity (Wildman–Crippen MR) is 123 cm³/mol. The summed E-state index contributed by atoms with van der Waals surface area (Å²) in [4.78, 5) is 38.4. The van der Waals surface area contributed by atoms with Crippen LogP contribution in [0.3, 0.4) is 0 Å². The van der Waals surface area contributed by atoms with Crippen LogP contribution in [0.25, 0.3) is 0 Å². The Hall–Kier alpha value is -2.99. The number of benzene rings is 2. The molecule has 0 aromatic heterocycles. The molecule has 32 heavy (non-hydrogen) atoms. The number of likely N-dealkylation sites (tertiary alicyclic amines) is 2. The first-order chi connectivity index (χ1) is 15.6. The number of hydrogen-bond donors (Lipinski definition) is 1. The lowest BCUT2D eigenvalue weighted by Crippen LogP contribution is -2.39. The van der Waals surface area contributed by atoms with Crippen LogP contribution in [0, 0.1) is 11.8 Å². The van der Waals surface area contributed by atoms with Crippen LogP contribution >= 0.6 is 0 Å². The van der Waals surface area contributed by atoms with Gasteiger partial charge in [0.15, 0.2) is 0 Å². The third-order valence-corrected chi connectivity index (χ3v) is 6.22. The molecule has 0 atom stereocenters. The lowest BCUT2D eigenvalue weighted by atomic mass is 9.97. The van der Waals surface area contributed by atoms with E-state index in [4.69, 9.17) is 5.11 Å². The molecule has 6 nitrogen and oxygen atoms in total. The topological polar surface area (TPSA) is 77.9 Å². The zero-order valence-corrected chi connectivity index (χ0v) is 18.4. The van der Waals surface area contributed by atoms with E-state index in [0.717, 1.165) is 56.2 Å². The molecule has 6 heteroatoms. The van der Waals surface area contributed by atoms with Crippen molar-refractivity contribution >= 4 is 18.1 Å². The second-order valence-corrected chi connectivity index (χ2v) is 8.42. The molecular formula is C26H32N2O4. The summed E-state index contributed by atoms with van der Waals surface area (Å²) >= 11 is 0. The molecule has 2 saturated heterocycles. The molecule has 4 rings (SSSR count). The Morgan fingerprint density at radius 1 is 0.750 bits per heavy atom. The molecule has 2 aromatic carbocycles. The summed E-state index contributed by atoms with van der Waals surface area (Å²) in [6, 6.07) is 18.7. The number of carbonyl (C=O) groups excluding carboxylic acids is 3. The predicted octanol–water partition coefficient (Wildman–Crippen LogP) is 3.27. The van der Waals surface area contributed by atoms with Gasteiger partial charge in [-0.2, -0.15) is 0 Å². The third kappa shape index (κ3) is 6.50. The molecule has 0 bridgehead atoms. The molecular weight excluding hydrogens is 404 g/mol. The molecule has 170 valence electrons. The average molecular weight is 437 g/mol. The average Bonchev–Trinajstić information content (AvgIpc) is 2.89. The maximum Gasteiger partial charge on any atom is 0.253 e. The van der Waals surface area contributed by atoms with E-state index in [2.05, 4.69) is 0 Å². The van der Waals surface area contributed by atoms with E-state index in [0.29, 0.717) is 19.0 Å². The summed E-state index contributed by atoms with van der Waals surface area (Å²) in [7, 11) is 0. The Morgan fingerprint density at radius 3 is 1.53 bits per heavy atom. The highest BCUT2D eigenvalue weighted by molar-refractivity contribution is 5.94. The van der Waals surface area contributed by atoms with E-state index in [-0.39, 0.29) is 24.3 Å². The maximum atomic E-state index is 12.1. The molecule has 2 aliphatic rings. The quantitative estimate of drug-likeness (QED) is 0.747. The molecule has 0 saturated carbocycles. The number of aliphatic hydroxyl groups is 1. The summed E-state index contributed by atoms with van der Waals surface area (Å²) in [6.07, 6.45) is 4.42. The molecule has 2 aliphatic heterocycles. The smallest absolute Gasteiger partial charge is 0.253 e. The Kier molecular flexibility index (Phi) is 8.99. The first-order valence-electron chi connectivity index (χ1n) is 11.4. The van der Waals surface area contributed by atoms with Crippen molar-refractivity contribution in [1.29, 1.82) is 0 Å². The summed E-state index contributed by atoms with van der Waals surface area (Å²) in [5.74, 6) is 0.696. The van der Waals surface area contributed by atoms with E-state index in [1.807, 2.05) is 70.5 Å². The van der Waals surface area contributed by atoms with Crippen LogP contribution in [0.15, 0.2) is 60.7 Å². The van der Waals surface area contributed by atoms with Crippen LogP contribution < -0.4 is 0 Å². The molecule has 0 spiro atoms. The van der Waals surface area contributed by atoms with E-state index >= 15 is 0 Å². The van der Waals surface area contributed by atoms with Gasteiger partial charge in [0.05, 0.1) is 0 Å². The van der Waals surface area contributed by atoms with E-state index in [9.17, 15) is 14.4 Å². The number of carbonyl (C=O) groups is 3. The Morgan fingerprint density at radius 2 is 1.16 bits per heavy atom. The van der Waals surface area contributed by atoms with Gasteiger partial charge in [0, 0.05) is 49.8 Å². The van der Waals surface area contributed by atoms with Crippen LogP contribution in [-0.2, 0) is 4.79 Å². The molecule has 2 aromatic rings. The number of amides is 2. The van der Waals surface area contributed by atoms with Gasteiger partial charge in [0.1, 0.15) is 6.29 Å². The van der Waals surface area contributed by atoms with Crippen molar-refractivity contribution in [2.24, 2.45) is 11.8 Å². The van der Waals surface area contributed by atoms with Crippen LogP contribution in [0.1, 0.15) is 46.4 Å². The van der Waals surface area contributed by atoms with Gasteiger partial charge in [-0.05, 0) is 55.9 Å². The molecule has 0 aliphatic carbocycles. The van der Waals surface area contributed by atoms with Crippen molar-refractivity contribution in [2.75, 3.05) is 32.8 Å². The fourth-order valence-corrected chi connectivity index (χ4v) is 4.08. The first kappa shape index (κ1) is 23.7. The van der Waals surface area contributed by atoms with Crippen molar-refractivity contribution in [3.63, 3.8) is 0 Å². The minimum absolute atomic E-state index is 0.0740. The monoisotopic (exact) mass is 436 g/mol. The summed E-state index contributed by atoms with van der Waals surface area (Å²) in [6.45, 7) is 3.15. The highest BCUT2D eigenvalue weighted by atomic mass is 16.3. The van der Waals surface area contributed by atoms with Gasteiger partial charge in [-0.15, -0.1) is 0 Å². The lowest BCUT2D eigenvalue weighted by molar-refractivity contribution is -0.112. The second-order valence-electron chi connectivity index (χ2n) is 8.42. The number of nitrogens with zero attached hydrogens (tertiary/aromatic N) is 2. The number of aliphatic hydroxyl groups excluding tert-OH is 1. The van der Waals surface area contributed by atoms with Crippen molar-refractivity contribution < 1.29 is 19.5 Å². The van der Waals surface area contributed by atoms with Gasteiger partial charge >= 0.3 is 0 Å². The van der Waals surface area contributed by atoms with E-state index in [1.54, 1.807) is 0 Å². The third-order valence-electron chi connectivity index (χ3n) is 6.22. The maximum absolute atomic E-state index is 12.1. The van der Waals surface area contributed by atoms with Gasteiger partial charge < -0.3 is 19.7 Å². The molecule has 0 unspecified atom stereocenters. The fraction of sp³-hybridized carbons (Fsp3) is 0.423. The van der Waals surface area contributed by atoms with Gasteiger partial charge in [-0.25, -0.2) is 0 Å². The van der Waals surface area contributed by atoms with Gasteiger partial charge in [-0.1, -0.05) is 36.4 Å². The van der Waals surface area contributed by atoms with Gasteiger partial charge in [0.2, 0.25) is 0 Å². The van der Waals surface area contributed by atoms with Crippen LogP contribution in [0.4, 0.5) is 0 Å². The van der Waals surface area contributed by atoms with Crippen molar-refractivity contribution in [1.82, 2.24) is 9.80 Å². The van der Waals surface area contributed by atoms with Gasteiger partial charge in [0.25, 0.3) is 11.8 Å². The Labute approximate surface area is 189 Å². The van der Waals surface area contributed by atoms with Crippen molar-refractivity contribution in [2.45, 2.75) is 25.7 Å². The normalized spacial score (nSPS) is 17.3. The molecule has 0 radical (unpaired) electrons. The standard InChI is InChI=1S/C13H17NO2.C13H15NO2/c2*15-10-11-6-8-14(9-7-11)13(16)12-4-2-1-3-5-12/h1-5,11,15H,6-10H2;1-5,10-11H,6-9H2. The van der Waals surface area contributed by atoms with Crippen LogP contribution in [0.5, 0.6) is 0 Å². The SMILES string of the molecule is O=C(c1ccccc1)N1CCC(CO)CC1.O=CC1CCN(C(=O)c2ccccc2)CC1. The molecule has 2 amide bonds. The van der Waals surface area contributed by atoms with Crippen molar-refractivity contribution in [3.05, 3.63) is 71.8 Å². The molecule has 2 fully saturated rings. The second kappa shape index (κ2) is 12.2. The summed E-state index contributed by atoms with van der Waals surface area (Å²) in [5, 5.41) is 9.03. The number of piperidine rings is 2. The first-order valence-corrected chi connectivity index (χ1v) is 11.4. The minimum Gasteiger partial charge on any atom is -0.396 e. The highest BCUT2D eigenvalue weighted by Crippen LogP contribution is 2.19. The van der Waals surface area contributed by atoms with Crippen LogP contribution in [0.2, 0.25) is 0 Å². The molecule has 2 heterocycles. The van der Waals surface area contributed by atoms with Crippen LogP contribution in [-0.4, -0.2) is 65.8 Å². The van der Waals surface area contributed by atoms with Gasteiger partial charge in [-0.3, -0.25) is 9.59 Å². The lowest BCUT2D eigenvalue weighted by Gasteiger charge is -2.31. The van der Waals surface area contributed by atoms with E-state index in [1.165, 1.54) is 0 Å². The van der Waals surface area contributed by atoms with E-state index < -0.39 is 0 Å². The Balaban J connectivity index is 0.000000181. The zero-order chi connectivity index (χ0) is 22.8. The zero-order valence-electron chi connectivity index (χ0n) is 18.4. The number of rotatable bonds is 4. The largest absolute Gasteiger partial charge is 0.396 e. The number of hydrogen-bond acceptors (Lipinski definition) is 4. The minimum atomic E-state index is 0.0740. The fourth-order valence-electron chi connectivity index (χ4n) is 4.08. The summed E-state index contributed by atoms with van der Waals surface area (Å²) in [5.41, 5.74) is 1.48. The number of aldehydes is 1. The van der Waals surface area contributed by atoms with Crippen molar-refractivity contribution in [3.8, 4) is 0 Å². The highest BCUT2D eigenvalue weighted by Gasteiger charge is 2.23.